The topological polar surface area (TPSA) is 51.1 Å². The fourth-order valence-corrected chi connectivity index (χ4v) is 2.14. The van der Waals surface area contributed by atoms with Gasteiger partial charge in [0.25, 0.3) is 0 Å². The molecule has 1 aliphatic heterocycles. The Balaban J connectivity index is 2.76. The second-order valence-corrected chi connectivity index (χ2v) is 3.75. The molecule has 1 N–H and O–H groups in total. The molecule has 0 aromatic carbocycles. The summed E-state index contributed by atoms with van der Waals surface area (Å²) in [4.78, 5) is 0. The lowest BCUT2D eigenvalue weighted by atomic mass is 10.4. The Morgan fingerprint density at radius 2 is 2.40 bits per heavy atom. The van der Waals surface area contributed by atoms with Gasteiger partial charge in [0.05, 0.1) is 12.2 Å². The molecule has 2 rings (SSSR count). The van der Waals surface area contributed by atoms with E-state index in [2.05, 4.69) is 4.72 Å². The maximum absolute atomic E-state index is 11.0. The molecular formula is C5H6N2O2S. The lowest BCUT2D eigenvalue weighted by molar-refractivity contribution is 0.583. The number of hydrogen-bond acceptors (Lipinski definition) is 2. The van der Waals surface area contributed by atoms with Crippen LogP contribution in [0.4, 0.5) is 0 Å². The molecule has 0 atom stereocenters. The van der Waals surface area contributed by atoms with E-state index in [1.54, 1.807) is 12.1 Å². The van der Waals surface area contributed by atoms with E-state index in [9.17, 15) is 8.42 Å². The van der Waals surface area contributed by atoms with Crippen LogP contribution in [0.5, 0.6) is 0 Å². The van der Waals surface area contributed by atoms with E-state index in [-0.39, 0.29) is 0 Å². The van der Waals surface area contributed by atoms with E-state index in [1.165, 1.54) is 10.2 Å². The monoisotopic (exact) mass is 158 g/mol. The van der Waals surface area contributed by atoms with Gasteiger partial charge in [-0.2, -0.15) is 13.1 Å². The molecule has 0 spiro atoms. The quantitative estimate of drug-likeness (QED) is 0.562. The zero-order chi connectivity index (χ0) is 7.19. The molecule has 0 radical (unpaired) electrons. The molecule has 0 saturated heterocycles. The maximum atomic E-state index is 11.0. The van der Waals surface area contributed by atoms with Gasteiger partial charge in [-0.25, -0.2) is 3.97 Å². The summed E-state index contributed by atoms with van der Waals surface area (Å²) in [6, 6.07) is 3.49. The molecule has 0 aliphatic carbocycles. The zero-order valence-corrected chi connectivity index (χ0v) is 5.93. The molecule has 0 amide bonds. The van der Waals surface area contributed by atoms with Gasteiger partial charge in [0.1, 0.15) is 0 Å². The van der Waals surface area contributed by atoms with E-state index >= 15 is 0 Å². The van der Waals surface area contributed by atoms with Crippen LogP contribution in [0.25, 0.3) is 0 Å². The SMILES string of the molecule is O=S1(=O)NCc2cccn21. The number of rotatable bonds is 0. The van der Waals surface area contributed by atoms with Gasteiger partial charge in [-0.1, -0.05) is 0 Å². The molecule has 1 aliphatic rings. The Bertz CT molecular complexity index is 351. The molecule has 5 heteroatoms. The molecule has 0 fully saturated rings. The number of nitrogens with one attached hydrogen (secondary N) is 1. The Morgan fingerprint density at radius 3 is 3.10 bits per heavy atom. The van der Waals surface area contributed by atoms with Crippen LogP contribution in [0, 0.1) is 0 Å². The van der Waals surface area contributed by atoms with Gasteiger partial charge in [-0.3, -0.25) is 0 Å². The van der Waals surface area contributed by atoms with E-state index in [0.717, 1.165) is 5.69 Å². The van der Waals surface area contributed by atoms with Crippen molar-refractivity contribution in [3.63, 3.8) is 0 Å². The molecule has 4 nitrogen and oxygen atoms in total. The van der Waals surface area contributed by atoms with Crippen LogP contribution in [0.15, 0.2) is 18.3 Å². The third-order valence-electron chi connectivity index (χ3n) is 1.49. The second-order valence-electron chi connectivity index (χ2n) is 2.12. The first kappa shape index (κ1) is 5.94. The van der Waals surface area contributed by atoms with Gasteiger partial charge >= 0.3 is 10.2 Å². The van der Waals surface area contributed by atoms with Gasteiger partial charge < -0.3 is 0 Å². The van der Waals surface area contributed by atoms with Gasteiger partial charge in [-0.15, -0.1) is 0 Å². The maximum Gasteiger partial charge on any atom is 0.305 e. The van der Waals surface area contributed by atoms with E-state index < -0.39 is 10.2 Å². The molecular weight excluding hydrogens is 152 g/mol. The standard InChI is InChI=1S/C5H6N2O2S/c8-10(9)6-4-5-2-1-3-7(5)10/h1-3,6H,4H2. The van der Waals surface area contributed by atoms with Gasteiger partial charge in [0.15, 0.2) is 0 Å². The first-order chi connectivity index (χ1) is 4.70. The summed E-state index contributed by atoms with van der Waals surface area (Å²) in [5, 5.41) is 0. The highest BCUT2D eigenvalue weighted by Gasteiger charge is 2.22. The first-order valence-corrected chi connectivity index (χ1v) is 4.30. The van der Waals surface area contributed by atoms with Crippen LogP contribution in [0.3, 0.4) is 0 Å². The average Bonchev–Trinajstić information content (AvgIpc) is 2.36. The van der Waals surface area contributed by atoms with Crippen LogP contribution in [-0.2, 0) is 16.8 Å². The van der Waals surface area contributed by atoms with Gasteiger partial charge in [0, 0.05) is 6.20 Å². The summed E-state index contributed by atoms with van der Waals surface area (Å²) >= 11 is 0. The minimum Gasteiger partial charge on any atom is -0.236 e. The van der Waals surface area contributed by atoms with Crippen LogP contribution >= 0.6 is 0 Å². The number of nitrogens with zero attached hydrogens (tertiary/aromatic N) is 1. The van der Waals surface area contributed by atoms with Crippen molar-refractivity contribution in [2.45, 2.75) is 6.54 Å². The average molecular weight is 158 g/mol. The van der Waals surface area contributed by atoms with Crippen LogP contribution in [0.1, 0.15) is 5.69 Å². The molecule has 54 valence electrons. The molecule has 10 heavy (non-hydrogen) atoms. The molecule has 1 aromatic heterocycles. The van der Waals surface area contributed by atoms with Crippen molar-refractivity contribution >= 4 is 10.2 Å². The number of aromatic nitrogens is 1. The van der Waals surface area contributed by atoms with Crippen molar-refractivity contribution in [3.05, 3.63) is 24.0 Å². The fourth-order valence-electron chi connectivity index (χ4n) is 1.01. The molecule has 0 saturated carbocycles. The van der Waals surface area contributed by atoms with E-state index in [1.807, 2.05) is 0 Å². The van der Waals surface area contributed by atoms with Crippen molar-refractivity contribution < 1.29 is 8.42 Å². The third kappa shape index (κ3) is 0.614. The normalized spacial score (nSPS) is 20.8. The predicted molar refractivity (Wildman–Crippen MR) is 35.6 cm³/mol. The van der Waals surface area contributed by atoms with Crippen molar-refractivity contribution in [3.8, 4) is 0 Å². The predicted octanol–water partition coefficient (Wildman–Crippen LogP) is -0.316. The van der Waals surface area contributed by atoms with Crippen molar-refractivity contribution in [2.24, 2.45) is 0 Å². The Labute approximate surface area is 58.7 Å². The molecule has 0 unspecified atom stereocenters. The Kier molecular flexibility index (Phi) is 0.959. The molecule has 0 bridgehead atoms. The van der Waals surface area contributed by atoms with Crippen LogP contribution in [0.2, 0.25) is 0 Å². The number of hydrogen-bond donors (Lipinski definition) is 1. The lowest BCUT2D eigenvalue weighted by Gasteiger charge is -1.93. The van der Waals surface area contributed by atoms with Gasteiger partial charge in [0.2, 0.25) is 0 Å². The zero-order valence-electron chi connectivity index (χ0n) is 5.11. The first-order valence-electron chi connectivity index (χ1n) is 2.86. The molecule has 1 aromatic rings. The van der Waals surface area contributed by atoms with Crippen molar-refractivity contribution in [2.75, 3.05) is 0 Å². The summed E-state index contributed by atoms with van der Waals surface area (Å²) in [6.45, 7) is 0.412. The summed E-state index contributed by atoms with van der Waals surface area (Å²) in [5.41, 5.74) is 0.792. The highest BCUT2D eigenvalue weighted by atomic mass is 32.2. The van der Waals surface area contributed by atoms with Crippen LogP contribution in [-0.4, -0.2) is 12.4 Å². The van der Waals surface area contributed by atoms with E-state index in [0.29, 0.717) is 6.54 Å². The summed E-state index contributed by atoms with van der Waals surface area (Å²) in [7, 11) is -3.20. The van der Waals surface area contributed by atoms with E-state index in [4.69, 9.17) is 0 Å². The second kappa shape index (κ2) is 1.62. The number of fused-ring (bicyclic) bond motifs is 1. The Hall–Kier alpha value is -0.810. The summed E-state index contributed by atoms with van der Waals surface area (Å²) in [5.74, 6) is 0. The Morgan fingerprint density at radius 1 is 1.60 bits per heavy atom. The third-order valence-corrected chi connectivity index (χ3v) is 2.87. The van der Waals surface area contributed by atoms with Crippen LogP contribution < -0.4 is 4.72 Å². The van der Waals surface area contributed by atoms with Crippen molar-refractivity contribution in [1.82, 2.24) is 8.69 Å². The molecule has 2 heterocycles. The lowest BCUT2D eigenvalue weighted by Crippen LogP contribution is -2.19. The summed E-state index contributed by atoms with van der Waals surface area (Å²) < 4.78 is 25.6. The van der Waals surface area contributed by atoms with Crippen molar-refractivity contribution in [1.29, 1.82) is 0 Å². The largest absolute Gasteiger partial charge is 0.305 e. The fraction of sp³-hybridized carbons (Fsp3) is 0.200. The summed E-state index contributed by atoms with van der Waals surface area (Å²) in [6.07, 6.45) is 1.53. The smallest absolute Gasteiger partial charge is 0.236 e. The highest BCUT2D eigenvalue weighted by molar-refractivity contribution is 7.88. The minimum atomic E-state index is -3.20. The highest BCUT2D eigenvalue weighted by Crippen LogP contribution is 2.11. The minimum absolute atomic E-state index is 0.412. The van der Waals surface area contributed by atoms with Gasteiger partial charge in [-0.05, 0) is 12.1 Å².